The number of benzene rings is 1. The van der Waals surface area contributed by atoms with Gasteiger partial charge in [-0.05, 0) is 30.5 Å². The Morgan fingerprint density at radius 3 is 2.65 bits per heavy atom. The van der Waals surface area contributed by atoms with Crippen molar-refractivity contribution in [3.05, 3.63) is 33.8 Å². The Morgan fingerprint density at radius 2 is 2.04 bits per heavy atom. The normalized spacial score (nSPS) is 17.3. The summed E-state index contributed by atoms with van der Waals surface area (Å²) in [5, 5.41) is 1.06. The van der Waals surface area contributed by atoms with Crippen molar-refractivity contribution in [3.8, 4) is 0 Å². The lowest BCUT2D eigenvalue weighted by Gasteiger charge is -2.33. The molecule has 5 nitrogen and oxygen atoms in total. The Balaban J connectivity index is 1.76. The van der Waals surface area contributed by atoms with Crippen LogP contribution in [0.25, 0.3) is 0 Å². The van der Waals surface area contributed by atoms with Gasteiger partial charge < -0.3 is 20.1 Å². The van der Waals surface area contributed by atoms with Gasteiger partial charge in [0.25, 0.3) is 0 Å². The first-order chi connectivity index (χ1) is 11.0. The number of rotatable bonds is 6. The maximum atomic E-state index is 12.1. The van der Waals surface area contributed by atoms with E-state index in [0.29, 0.717) is 29.7 Å². The molecule has 1 aliphatic heterocycles. The van der Waals surface area contributed by atoms with Crippen LogP contribution in [0.4, 0.5) is 0 Å². The number of likely N-dealkylation sites (tertiary alicyclic amines) is 1. The minimum absolute atomic E-state index is 0.0604. The summed E-state index contributed by atoms with van der Waals surface area (Å²) in [6.07, 6.45) is 1.73. The number of hydrogen-bond donors (Lipinski definition) is 1. The number of carbonyl (C=O) groups excluding carboxylic acids is 1. The lowest BCUT2D eigenvalue weighted by molar-refractivity contribution is -0.136. The van der Waals surface area contributed by atoms with Crippen LogP contribution in [-0.2, 0) is 20.9 Å². The molecule has 128 valence electrons. The summed E-state index contributed by atoms with van der Waals surface area (Å²) in [5.74, 6) is -0.0604. The number of nitrogens with zero attached hydrogens (tertiary/aromatic N) is 1. The molecule has 1 fully saturated rings. The van der Waals surface area contributed by atoms with Crippen LogP contribution in [0.1, 0.15) is 18.4 Å². The van der Waals surface area contributed by atoms with Crippen LogP contribution < -0.4 is 5.73 Å². The summed E-state index contributed by atoms with van der Waals surface area (Å²) in [4.78, 5) is 13.9. The molecule has 0 radical (unpaired) electrons. The minimum atomic E-state index is -0.589. The summed E-state index contributed by atoms with van der Waals surface area (Å²) < 4.78 is 10.8. The van der Waals surface area contributed by atoms with Crippen molar-refractivity contribution in [1.29, 1.82) is 0 Å². The average molecular weight is 361 g/mol. The zero-order valence-corrected chi connectivity index (χ0v) is 14.6. The molecule has 1 amide bonds. The van der Waals surface area contributed by atoms with E-state index < -0.39 is 6.04 Å². The van der Waals surface area contributed by atoms with Crippen LogP contribution in [0.2, 0.25) is 10.0 Å². The molecule has 1 atom stereocenters. The van der Waals surface area contributed by atoms with Crippen LogP contribution >= 0.6 is 23.2 Å². The van der Waals surface area contributed by atoms with E-state index in [0.717, 1.165) is 18.4 Å². The van der Waals surface area contributed by atoms with E-state index >= 15 is 0 Å². The second kappa shape index (κ2) is 8.85. The largest absolute Gasteiger partial charge is 0.383 e. The van der Waals surface area contributed by atoms with E-state index in [-0.39, 0.29) is 18.6 Å². The number of hydrogen-bond acceptors (Lipinski definition) is 4. The van der Waals surface area contributed by atoms with Gasteiger partial charge in [0.1, 0.15) is 6.04 Å². The standard InChI is InChI=1S/C16H22Cl2N2O3/c1-22-10-15(19)16(21)20-6-4-12(5-7-20)23-9-11-2-3-13(17)14(18)8-11/h2-3,8,12,15H,4-7,9-10,19H2,1H3. The van der Waals surface area contributed by atoms with Gasteiger partial charge in [-0.1, -0.05) is 29.3 Å². The smallest absolute Gasteiger partial charge is 0.241 e. The second-order valence-corrected chi connectivity index (χ2v) is 6.46. The summed E-state index contributed by atoms with van der Waals surface area (Å²) >= 11 is 11.9. The van der Waals surface area contributed by atoms with Crippen molar-refractivity contribution >= 4 is 29.1 Å². The number of halogens is 2. The SMILES string of the molecule is COCC(N)C(=O)N1CCC(OCc2ccc(Cl)c(Cl)c2)CC1. The highest BCUT2D eigenvalue weighted by atomic mass is 35.5. The molecule has 1 saturated heterocycles. The highest BCUT2D eigenvalue weighted by molar-refractivity contribution is 6.42. The molecule has 0 bridgehead atoms. The van der Waals surface area contributed by atoms with Gasteiger partial charge in [0.15, 0.2) is 0 Å². The molecular weight excluding hydrogens is 339 g/mol. The first kappa shape index (κ1) is 18.5. The van der Waals surface area contributed by atoms with E-state index in [1.165, 1.54) is 7.11 Å². The average Bonchev–Trinajstić information content (AvgIpc) is 2.56. The quantitative estimate of drug-likeness (QED) is 0.846. The molecule has 0 spiro atoms. The number of amides is 1. The fraction of sp³-hybridized carbons (Fsp3) is 0.562. The van der Waals surface area contributed by atoms with Crippen molar-refractivity contribution in [1.82, 2.24) is 4.90 Å². The van der Waals surface area contributed by atoms with Gasteiger partial charge in [0.05, 0.1) is 29.4 Å². The molecule has 7 heteroatoms. The molecule has 2 N–H and O–H groups in total. The van der Waals surface area contributed by atoms with Gasteiger partial charge in [-0.15, -0.1) is 0 Å². The number of nitrogens with two attached hydrogens (primary N) is 1. The zero-order chi connectivity index (χ0) is 16.8. The van der Waals surface area contributed by atoms with Gasteiger partial charge in [-0.2, -0.15) is 0 Å². The zero-order valence-electron chi connectivity index (χ0n) is 13.1. The van der Waals surface area contributed by atoms with Crippen LogP contribution in [0.3, 0.4) is 0 Å². The van der Waals surface area contributed by atoms with Gasteiger partial charge >= 0.3 is 0 Å². The summed E-state index contributed by atoms with van der Waals surface area (Å²) in [6.45, 7) is 2.04. The molecule has 1 heterocycles. The monoisotopic (exact) mass is 360 g/mol. The Hall–Kier alpha value is -0.850. The molecule has 2 rings (SSSR count). The third-order valence-corrected chi connectivity index (χ3v) is 4.63. The summed E-state index contributed by atoms with van der Waals surface area (Å²) in [6, 6.07) is 4.89. The number of ether oxygens (including phenoxy) is 2. The van der Waals surface area contributed by atoms with Crippen molar-refractivity contribution in [2.45, 2.75) is 31.6 Å². The maximum absolute atomic E-state index is 12.1. The van der Waals surface area contributed by atoms with Crippen molar-refractivity contribution in [2.75, 3.05) is 26.8 Å². The maximum Gasteiger partial charge on any atom is 0.241 e. The van der Waals surface area contributed by atoms with Crippen LogP contribution in [0, 0.1) is 0 Å². The van der Waals surface area contributed by atoms with E-state index in [2.05, 4.69) is 0 Å². The third-order valence-electron chi connectivity index (χ3n) is 3.89. The highest BCUT2D eigenvalue weighted by Gasteiger charge is 2.26. The van der Waals surface area contributed by atoms with Crippen LogP contribution in [0.15, 0.2) is 18.2 Å². The molecule has 0 aromatic heterocycles. The van der Waals surface area contributed by atoms with Crippen molar-refractivity contribution in [2.24, 2.45) is 5.73 Å². The number of piperidine rings is 1. The first-order valence-electron chi connectivity index (χ1n) is 7.60. The van der Waals surface area contributed by atoms with E-state index in [1.54, 1.807) is 11.0 Å². The first-order valence-corrected chi connectivity index (χ1v) is 8.35. The van der Waals surface area contributed by atoms with E-state index in [1.807, 2.05) is 12.1 Å². The second-order valence-electron chi connectivity index (χ2n) is 5.65. The van der Waals surface area contributed by atoms with Gasteiger partial charge in [0, 0.05) is 20.2 Å². The lowest BCUT2D eigenvalue weighted by Crippen LogP contribution is -2.49. The topological polar surface area (TPSA) is 64.8 Å². The Bertz CT molecular complexity index is 534. The van der Waals surface area contributed by atoms with Gasteiger partial charge in [-0.3, -0.25) is 4.79 Å². The fourth-order valence-electron chi connectivity index (χ4n) is 2.57. The van der Waals surface area contributed by atoms with E-state index in [4.69, 9.17) is 38.4 Å². The van der Waals surface area contributed by atoms with Gasteiger partial charge in [-0.25, -0.2) is 0 Å². The molecule has 0 aliphatic carbocycles. The molecule has 1 aromatic carbocycles. The van der Waals surface area contributed by atoms with Gasteiger partial charge in [0.2, 0.25) is 5.91 Å². The molecule has 1 aromatic rings. The van der Waals surface area contributed by atoms with E-state index in [9.17, 15) is 4.79 Å². The van der Waals surface area contributed by atoms with Crippen molar-refractivity contribution < 1.29 is 14.3 Å². The molecule has 1 aliphatic rings. The predicted molar refractivity (Wildman–Crippen MR) is 90.7 cm³/mol. The Labute approximate surface area is 146 Å². The summed E-state index contributed by atoms with van der Waals surface area (Å²) in [7, 11) is 1.54. The molecule has 1 unspecified atom stereocenters. The Morgan fingerprint density at radius 1 is 1.35 bits per heavy atom. The minimum Gasteiger partial charge on any atom is -0.383 e. The van der Waals surface area contributed by atoms with Crippen LogP contribution in [0.5, 0.6) is 0 Å². The summed E-state index contributed by atoms with van der Waals surface area (Å²) in [5.41, 5.74) is 6.77. The fourth-order valence-corrected chi connectivity index (χ4v) is 2.89. The van der Waals surface area contributed by atoms with Crippen LogP contribution in [-0.4, -0.2) is 49.8 Å². The van der Waals surface area contributed by atoms with Crippen molar-refractivity contribution in [3.63, 3.8) is 0 Å². The number of carbonyl (C=O) groups is 1. The molecular formula is C16H22Cl2N2O3. The highest BCUT2D eigenvalue weighted by Crippen LogP contribution is 2.24. The predicted octanol–water partition coefficient (Wildman–Crippen LogP) is 2.47. The third kappa shape index (κ3) is 5.33. The molecule has 23 heavy (non-hydrogen) atoms. The molecule has 0 saturated carbocycles. The number of methoxy groups -OCH3 is 1. The Kier molecular flexibility index (Phi) is 7.11. The lowest BCUT2D eigenvalue weighted by atomic mass is 10.1.